The number of carbonyl (C=O) groups excluding carboxylic acids is 1. The average molecular weight is 366 g/mol. The Labute approximate surface area is 159 Å². The number of H-pyrrole nitrogens is 1. The van der Waals surface area contributed by atoms with Crippen LogP contribution in [-0.4, -0.2) is 31.1 Å². The predicted octanol–water partition coefficient (Wildman–Crippen LogP) is 3.82. The van der Waals surface area contributed by atoms with Crippen LogP contribution >= 0.6 is 0 Å². The highest BCUT2D eigenvalue weighted by Gasteiger charge is 2.14. The van der Waals surface area contributed by atoms with Crippen LogP contribution in [0.3, 0.4) is 0 Å². The van der Waals surface area contributed by atoms with Gasteiger partial charge in [0.05, 0.1) is 11.1 Å². The molecule has 7 nitrogen and oxygen atoms in total. The summed E-state index contributed by atoms with van der Waals surface area (Å²) in [6.07, 6.45) is 3.26. The number of nitrogens with zero attached hydrogens (tertiary/aromatic N) is 4. The fourth-order valence-corrected chi connectivity index (χ4v) is 3.10. The van der Waals surface area contributed by atoms with Crippen LogP contribution in [0.5, 0.6) is 0 Å². The van der Waals surface area contributed by atoms with Gasteiger partial charge >= 0.3 is 0 Å². The van der Waals surface area contributed by atoms with E-state index in [4.69, 9.17) is 0 Å². The van der Waals surface area contributed by atoms with Crippen LogP contribution in [-0.2, 0) is 0 Å². The second-order valence-corrected chi connectivity index (χ2v) is 6.26. The summed E-state index contributed by atoms with van der Waals surface area (Å²) < 4.78 is 0. The lowest BCUT2D eigenvalue weighted by Gasteiger charge is -2.04. The normalized spacial score (nSPS) is 11.0. The third-order valence-electron chi connectivity index (χ3n) is 4.46. The molecule has 0 bridgehead atoms. The van der Waals surface area contributed by atoms with E-state index in [0.29, 0.717) is 17.1 Å². The van der Waals surface area contributed by atoms with Crippen molar-refractivity contribution in [3.63, 3.8) is 0 Å². The second-order valence-electron chi connectivity index (χ2n) is 6.26. The minimum atomic E-state index is -0.318. The van der Waals surface area contributed by atoms with Gasteiger partial charge < -0.3 is 0 Å². The maximum absolute atomic E-state index is 12.7. The van der Waals surface area contributed by atoms with E-state index in [1.165, 1.54) is 6.20 Å². The number of pyridine rings is 2. The lowest BCUT2D eigenvalue weighted by molar-refractivity contribution is 0.102. The highest BCUT2D eigenvalue weighted by Crippen LogP contribution is 2.20. The summed E-state index contributed by atoms with van der Waals surface area (Å²) in [7, 11) is 0. The highest BCUT2D eigenvalue weighted by molar-refractivity contribution is 6.12. The Bertz CT molecular complexity index is 1320. The molecule has 3 heterocycles. The van der Waals surface area contributed by atoms with E-state index in [2.05, 4.69) is 30.5 Å². The summed E-state index contributed by atoms with van der Waals surface area (Å²) in [6, 6.07) is 19.3. The van der Waals surface area contributed by atoms with Gasteiger partial charge in [-0.2, -0.15) is 4.98 Å². The van der Waals surface area contributed by atoms with Crippen LogP contribution in [0.1, 0.15) is 10.4 Å². The van der Waals surface area contributed by atoms with Gasteiger partial charge in [0.1, 0.15) is 5.69 Å². The Balaban J connectivity index is 1.43. The van der Waals surface area contributed by atoms with Crippen LogP contribution in [0, 0.1) is 0 Å². The zero-order valence-corrected chi connectivity index (χ0v) is 14.6. The first-order chi connectivity index (χ1) is 13.8. The molecule has 134 valence electrons. The standard InChI is InChI=1S/C21H14N6O/c28-20(16-12-22-11-14-6-1-3-7-15(14)16)25-21-24-19(26-27-21)18-10-9-13-5-2-4-8-17(13)23-18/h1-12H,(H2,24,25,26,27,28). The summed E-state index contributed by atoms with van der Waals surface area (Å²) >= 11 is 0. The summed E-state index contributed by atoms with van der Waals surface area (Å²) in [5, 5.41) is 12.4. The third-order valence-corrected chi connectivity index (χ3v) is 4.46. The topological polar surface area (TPSA) is 96.5 Å². The van der Waals surface area contributed by atoms with Gasteiger partial charge in [-0.1, -0.05) is 48.5 Å². The lowest BCUT2D eigenvalue weighted by Crippen LogP contribution is -2.13. The molecule has 2 N–H and O–H groups in total. The van der Waals surface area contributed by atoms with Crippen molar-refractivity contribution in [2.24, 2.45) is 0 Å². The fraction of sp³-hybridized carbons (Fsp3) is 0. The van der Waals surface area contributed by atoms with Gasteiger partial charge in [0, 0.05) is 23.2 Å². The van der Waals surface area contributed by atoms with Gasteiger partial charge in [0.2, 0.25) is 5.95 Å². The monoisotopic (exact) mass is 366 g/mol. The number of rotatable bonds is 3. The Morgan fingerprint density at radius 3 is 2.61 bits per heavy atom. The third kappa shape index (κ3) is 2.84. The molecular formula is C21H14N6O. The Morgan fingerprint density at radius 2 is 1.68 bits per heavy atom. The number of nitrogens with one attached hydrogen (secondary N) is 2. The molecule has 0 saturated carbocycles. The number of carbonyl (C=O) groups is 1. The van der Waals surface area contributed by atoms with Gasteiger partial charge in [-0.25, -0.2) is 4.98 Å². The molecule has 0 spiro atoms. The Morgan fingerprint density at radius 1 is 0.857 bits per heavy atom. The molecule has 0 fully saturated rings. The molecule has 0 unspecified atom stereocenters. The molecule has 5 aromatic rings. The number of fused-ring (bicyclic) bond motifs is 2. The molecule has 2 aromatic carbocycles. The van der Waals surface area contributed by atoms with E-state index in [1.54, 1.807) is 6.20 Å². The summed E-state index contributed by atoms with van der Waals surface area (Å²) in [5.74, 6) is 0.348. The minimum absolute atomic E-state index is 0.183. The van der Waals surface area contributed by atoms with E-state index in [9.17, 15) is 4.79 Å². The van der Waals surface area contributed by atoms with E-state index in [0.717, 1.165) is 21.7 Å². The van der Waals surface area contributed by atoms with Crippen molar-refractivity contribution in [1.29, 1.82) is 0 Å². The Kier molecular flexibility index (Phi) is 3.76. The fourth-order valence-electron chi connectivity index (χ4n) is 3.10. The van der Waals surface area contributed by atoms with E-state index >= 15 is 0 Å². The predicted molar refractivity (Wildman–Crippen MR) is 107 cm³/mol. The quantitative estimate of drug-likeness (QED) is 0.506. The number of anilines is 1. The molecule has 0 atom stereocenters. The van der Waals surface area contributed by atoms with Gasteiger partial charge in [-0.3, -0.25) is 20.2 Å². The SMILES string of the molecule is O=C(Nc1n[nH]c(-c2ccc3ccccc3n2)n1)c1cncc2ccccc12. The van der Waals surface area contributed by atoms with Crippen LogP contribution in [0.2, 0.25) is 0 Å². The first-order valence-electron chi connectivity index (χ1n) is 8.70. The van der Waals surface area contributed by atoms with Gasteiger partial charge in [-0.05, 0) is 17.5 Å². The summed E-state index contributed by atoms with van der Waals surface area (Å²) in [6.45, 7) is 0. The molecule has 0 aliphatic rings. The zero-order chi connectivity index (χ0) is 18.9. The van der Waals surface area contributed by atoms with Gasteiger partial charge in [-0.15, -0.1) is 5.10 Å². The van der Waals surface area contributed by atoms with Crippen molar-refractivity contribution in [2.75, 3.05) is 5.32 Å². The van der Waals surface area contributed by atoms with Crippen molar-refractivity contribution in [3.8, 4) is 11.5 Å². The Hall–Kier alpha value is -4.13. The average Bonchev–Trinajstić information content (AvgIpc) is 3.21. The highest BCUT2D eigenvalue weighted by atomic mass is 16.1. The number of aromatic nitrogens is 5. The number of aromatic amines is 1. The number of benzene rings is 2. The number of amides is 1. The molecule has 0 saturated heterocycles. The minimum Gasteiger partial charge on any atom is -0.289 e. The molecule has 7 heteroatoms. The summed E-state index contributed by atoms with van der Waals surface area (Å²) in [5.41, 5.74) is 1.98. The van der Waals surface area contributed by atoms with Gasteiger partial charge in [0.25, 0.3) is 5.91 Å². The lowest BCUT2D eigenvalue weighted by atomic mass is 10.1. The van der Waals surface area contributed by atoms with Crippen molar-refractivity contribution in [1.82, 2.24) is 25.1 Å². The van der Waals surface area contributed by atoms with Crippen LogP contribution < -0.4 is 5.32 Å². The maximum Gasteiger partial charge on any atom is 0.260 e. The first-order valence-corrected chi connectivity index (χ1v) is 8.70. The first kappa shape index (κ1) is 16.1. The number of hydrogen-bond donors (Lipinski definition) is 2. The van der Waals surface area contributed by atoms with E-state index in [1.807, 2.05) is 60.7 Å². The van der Waals surface area contributed by atoms with E-state index in [-0.39, 0.29) is 11.9 Å². The largest absolute Gasteiger partial charge is 0.289 e. The van der Waals surface area contributed by atoms with Crippen molar-refractivity contribution >= 4 is 33.5 Å². The molecule has 28 heavy (non-hydrogen) atoms. The van der Waals surface area contributed by atoms with E-state index < -0.39 is 0 Å². The summed E-state index contributed by atoms with van der Waals surface area (Å²) in [4.78, 5) is 25.8. The number of para-hydroxylation sites is 1. The molecule has 0 aliphatic heterocycles. The van der Waals surface area contributed by atoms with Crippen LogP contribution in [0.25, 0.3) is 33.2 Å². The van der Waals surface area contributed by atoms with Crippen LogP contribution in [0.4, 0.5) is 5.95 Å². The molecule has 0 radical (unpaired) electrons. The van der Waals surface area contributed by atoms with Crippen molar-refractivity contribution in [3.05, 3.63) is 78.6 Å². The molecule has 0 aliphatic carbocycles. The van der Waals surface area contributed by atoms with Crippen molar-refractivity contribution in [2.45, 2.75) is 0 Å². The molecule has 1 amide bonds. The maximum atomic E-state index is 12.7. The second kappa shape index (κ2) is 6.55. The molecular weight excluding hydrogens is 352 g/mol. The van der Waals surface area contributed by atoms with Gasteiger partial charge in [0.15, 0.2) is 5.82 Å². The number of hydrogen-bond acceptors (Lipinski definition) is 5. The smallest absolute Gasteiger partial charge is 0.260 e. The van der Waals surface area contributed by atoms with Crippen molar-refractivity contribution < 1.29 is 4.79 Å². The zero-order valence-electron chi connectivity index (χ0n) is 14.6. The molecule has 5 rings (SSSR count). The van der Waals surface area contributed by atoms with Crippen LogP contribution in [0.15, 0.2) is 73.1 Å². The molecule has 3 aromatic heterocycles.